The molecule has 1 saturated heterocycles. The molecule has 0 radical (unpaired) electrons. The lowest BCUT2D eigenvalue weighted by atomic mass is 10.1. The molecule has 9 heteroatoms. The number of rotatable bonds is 5. The standard InChI is InChI=1S/C20H22N8O/c1-26-7-4-16(13-26)29-17-11-23-27(2)20(17)14-3-8-28-15(9-14)10-18(25-28)24-19-12-21-5-6-22-19/h3,5-6,8-12,16H,4,7,13H2,1-2H3,(H,22,24,25)/t16-/m0/s1. The minimum atomic E-state index is 0.199. The fourth-order valence-corrected chi connectivity index (χ4v) is 3.70. The van der Waals surface area contributed by atoms with Gasteiger partial charge >= 0.3 is 0 Å². The Hall–Kier alpha value is -3.46. The Kier molecular flexibility index (Phi) is 4.36. The van der Waals surface area contributed by atoms with E-state index in [2.05, 4.69) is 43.5 Å². The average Bonchev–Trinajstić information content (AvgIpc) is 3.41. The smallest absolute Gasteiger partial charge is 0.165 e. The maximum Gasteiger partial charge on any atom is 0.165 e. The number of pyridine rings is 1. The number of fused-ring (bicyclic) bond motifs is 1. The van der Waals surface area contributed by atoms with Gasteiger partial charge in [-0.25, -0.2) is 9.50 Å². The van der Waals surface area contributed by atoms with Crippen molar-refractivity contribution in [1.29, 1.82) is 0 Å². The van der Waals surface area contributed by atoms with Gasteiger partial charge < -0.3 is 15.0 Å². The second-order valence-electron chi connectivity index (χ2n) is 7.30. The minimum absolute atomic E-state index is 0.199. The molecule has 1 fully saturated rings. The summed E-state index contributed by atoms with van der Waals surface area (Å²) in [5, 5.41) is 12.1. The summed E-state index contributed by atoms with van der Waals surface area (Å²) in [7, 11) is 4.05. The molecule has 0 bridgehead atoms. The molecular formula is C20H22N8O. The fourth-order valence-electron chi connectivity index (χ4n) is 3.70. The second kappa shape index (κ2) is 7.17. The van der Waals surface area contributed by atoms with E-state index < -0.39 is 0 Å². The van der Waals surface area contributed by atoms with Gasteiger partial charge in [-0.3, -0.25) is 9.67 Å². The Morgan fingerprint density at radius 3 is 2.86 bits per heavy atom. The monoisotopic (exact) mass is 390 g/mol. The molecule has 148 valence electrons. The number of ether oxygens (including phenoxy) is 1. The van der Waals surface area contributed by atoms with Gasteiger partial charge in [-0.15, -0.1) is 0 Å². The molecule has 4 aromatic rings. The summed E-state index contributed by atoms with van der Waals surface area (Å²) in [5.74, 6) is 2.17. The van der Waals surface area contributed by atoms with Crippen LogP contribution in [0.4, 0.5) is 11.6 Å². The van der Waals surface area contributed by atoms with Crippen LogP contribution in [0.1, 0.15) is 6.42 Å². The normalized spacial score (nSPS) is 17.1. The third kappa shape index (κ3) is 3.52. The molecule has 5 rings (SSSR count). The largest absolute Gasteiger partial charge is 0.485 e. The lowest BCUT2D eigenvalue weighted by molar-refractivity contribution is 0.209. The topological polar surface area (TPSA) is 85.4 Å². The molecule has 0 aliphatic carbocycles. The molecule has 4 aromatic heterocycles. The van der Waals surface area contributed by atoms with Crippen LogP contribution in [0.3, 0.4) is 0 Å². The first-order valence-electron chi connectivity index (χ1n) is 9.56. The molecule has 1 N–H and O–H groups in total. The summed E-state index contributed by atoms with van der Waals surface area (Å²) in [6.07, 6.45) is 9.91. The van der Waals surface area contributed by atoms with Crippen LogP contribution in [-0.4, -0.2) is 60.5 Å². The third-order valence-corrected chi connectivity index (χ3v) is 5.10. The van der Waals surface area contributed by atoms with E-state index in [1.165, 1.54) is 0 Å². The van der Waals surface area contributed by atoms with Crippen LogP contribution in [-0.2, 0) is 7.05 Å². The van der Waals surface area contributed by atoms with Gasteiger partial charge in [0, 0.05) is 50.4 Å². The highest BCUT2D eigenvalue weighted by molar-refractivity contribution is 5.72. The molecule has 0 spiro atoms. The molecular weight excluding hydrogens is 368 g/mol. The van der Waals surface area contributed by atoms with E-state index in [9.17, 15) is 0 Å². The Morgan fingerprint density at radius 2 is 2.07 bits per heavy atom. The summed E-state index contributed by atoms with van der Waals surface area (Å²) in [4.78, 5) is 10.6. The van der Waals surface area contributed by atoms with Crippen LogP contribution in [0, 0.1) is 0 Å². The predicted octanol–water partition coefficient (Wildman–Crippen LogP) is 2.35. The van der Waals surface area contributed by atoms with Gasteiger partial charge in [-0.2, -0.15) is 10.2 Å². The number of hydrogen-bond acceptors (Lipinski definition) is 7. The van der Waals surface area contributed by atoms with Gasteiger partial charge in [-0.1, -0.05) is 0 Å². The summed E-state index contributed by atoms with van der Waals surface area (Å²) in [5.41, 5.74) is 2.96. The van der Waals surface area contributed by atoms with Crippen molar-refractivity contribution < 1.29 is 4.74 Å². The zero-order valence-corrected chi connectivity index (χ0v) is 16.4. The quantitative estimate of drug-likeness (QED) is 0.560. The average molecular weight is 390 g/mol. The van der Waals surface area contributed by atoms with Crippen LogP contribution in [0.15, 0.2) is 49.2 Å². The first-order chi connectivity index (χ1) is 14.2. The van der Waals surface area contributed by atoms with Gasteiger partial charge in [0.05, 0.1) is 17.9 Å². The van der Waals surface area contributed by atoms with Gasteiger partial charge in [0.1, 0.15) is 17.6 Å². The highest BCUT2D eigenvalue weighted by Gasteiger charge is 2.23. The van der Waals surface area contributed by atoms with E-state index in [1.54, 1.807) is 24.8 Å². The predicted molar refractivity (Wildman–Crippen MR) is 109 cm³/mol. The maximum absolute atomic E-state index is 6.27. The van der Waals surface area contributed by atoms with E-state index in [0.717, 1.165) is 42.0 Å². The third-order valence-electron chi connectivity index (χ3n) is 5.10. The highest BCUT2D eigenvalue weighted by atomic mass is 16.5. The zero-order valence-electron chi connectivity index (χ0n) is 16.4. The first-order valence-corrected chi connectivity index (χ1v) is 9.56. The Bertz CT molecular complexity index is 1140. The maximum atomic E-state index is 6.27. The Labute approximate surface area is 168 Å². The molecule has 9 nitrogen and oxygen atoms in total. The van der Waals surface area contributed by atoms with Crippen molar-refractivity contribution in [3.8, 4) is 17.0 Å². The number of anilines is 2. The van der Waals surface area contributed by atoms with Crippen LogP contribution in [0.2, 0.25) is 0 Å². The van der Waals surface area contributed by atoms with Crippen molar-refractivity contribution in [2.24, 2.45) is 7.05 Å². The second-order valence-corrected chi connectivity index (χ2v) is 7.30. The molecule has 29 heavy (non-hydrogen) atoms. The van der Waals surface area contributed by atoms with Crippen molar-refractivity contribution in [3.63, 3.8) is 0 Å². The van der Waals surface area contributed by atoms with Crippen molar-refractivity contribution in [2.75, 3.05) is 25.5 Å². The molecule has 1 aliphatic rings. The van der Waals surface area contributed by atoms with E-state index in [0.29, 0.717) is 11.6 Å². The van der Waals surface area contributed by atoms with E-state index in [-0.39, 0.29) is 6.10 Å². The van der Waals surface area contributed by atoms with E-state index >= 15 is 0 Å². The molecule has 0 aromatic carbocycles. The van der Waals surface area contributed by atoms with Gasteiger partial charge in [0.25, 0.3) is 0 Å². The number of aryl methyl sites for hydroxylation is 1. The van der Waals surface area contributed by atoms with Gasteiger partial charge in [0.2, 0.25) is 0 Å². The van der Waals surface area contributed by atoms with Crippen molar-refractivity contribution in [1.82, 2.24) is 34.3 Å². The number of likely N-dealkylation sites (N-methyl/N-ethyl adjacent to an activating group) is 1. The fraction of sp³-hybridized carbons (Fsp3) is 0.300. The lowest BCUT2D eigenvalue weighted by Gasteiger charge is -2.14. The molecule has 1 atom stereocenters. The highest BCUT2D eigenvalue weighted by Crippen LogP contribution is 2.32. The molecule has 5 heterocycles. The van der Waals surface area contributed by atoms with E-state index in [4.69, 9.17) is 4.74 Å². The zero-order chi connectivity index (χ0) is 19.8. The summed E-state index contributed by atoms with van der Waals surface area (Å²) in [6, 6.07) is 6.08. The van der Waals surface area contributed by atoms with Gasteiger partial charge in [0.15, 0.2) is 11.6 Å². The van der Waals surface area contributed by atoms with Crippen molar-refractivity contribution in [2.45, 2.75) is 12.5 Å². The number of aromatic nitrogens is 6. The van der Waals surface area contributed by atoms with Crippen LogP contribution < -0.4 is 10.1 Å². The molecule has 0 amide bonds. The first kappa shape index (κ1) is 17.6. The van der Waals surface area contributed by atoms with Crippen LogP contribution in [0.25, 0.3) is 16.8 Å². The summed E-state index contributed by atoms with van der Waals surface area (Å²) >= 11 is 0. The van der Waals surface area contributed by atoms with Crippen LogP contribution in [0.5, 0.6) is 5.75 Å². The molecule has 1 aliphatic heterocycles. The number of nitrogens with zero attached hydrogens (tertiary/aromatic N) is 7. The van der Waals surface area contributed by atoms with Crippen molar-refractivity contribution in [3.05, 3.63) is 49.2 Å². The Balaban J connectivity index is 1.44. The lowest BCUT2D eigenvalue weighted by Crippen LogP contribution is -2.21. The summed E-state index contributed by atoms with van der Waals surface area (Å²) < 4.78 is 9.95. The number of likely N-dealkylation sites (tertiary alicyclic amines) is 1. The SMILES string of the molecule is CN1CC[C@H](Oc2cnn(C)c2-c2ccn3nc(Nc4cnccn4)cc3c2)C1. The van der Waals surface area contributed by atoms with Gasteiger partial charge in [-0.05, 0) is 25.6 Å². The van der Waals surface area contributed by atoms with E-state index in [1.807, 2.05) is 34.6 Å². The van der Waals surface area contributed by atoms with Crippen molar-refractivity contribution >= 4 is 17.2 Å². The number of hydrogen-bond donors (Lipinski definition) is 1. The molecule has 0 saturated carbocycles. The van der Waals surface area contributed by atoms with Crippen LogP contribution >= 0.6 is 0 Å². The Morgan fingerprint density at radius 1 is 1.14 bits per heavy atom. The number of nitrogens with one attached hydrogen (secondary N) is 1. The summed E-state index contributed by atoms with van der Waals surface area (Å²) in [6.45, 7) is 2.00. The molecule has 0 unspecified atom stereocenters. The minimum Gasteiger partial charge on any atom is -0.485 e.